The number of thiazole rings is 1. The molecule has 0 aliphatic heterocycles. The van der Waals surface area contributed by atoms with Gasteiger partial charge in [0.25, 0.3) is 11.8 Å². The largest absolute Gasteiger partial charge is 0.507 e. The zero-order valence-corrected chi connectivity index (χ0v) is 15.4. The standard InChI is InChI=1S/C21H15N3O3S/c25-18-11-15-9-5-4-8-14(15)10-16(18)19(26)23-24-20(27)17-12-28-21(22-17)13-6-2-1-3-7-13/h1-12,25H,(H,23,26)(H,24,27). The second-order valence-corrected chi connectivity index (χ2v) is 6.89. The molecule has 6 nitrogen and oxygen atoms in total. The normalized spacial score (nSPS) is 10.6. The van der Waals surface area contributed by atoms with Crippen LogP contribution in [0, 0.1) is 0 Å². The lowest BCUT2D eigenvalue weighted by molar-refractivity contribution is 0.0843. The molecule has 2 amide bonds. The zero-order valence-electron chi connectivity index (χ0n) is 14.5. The molecule has 28 heavy (non-hydrogen) atoms. The number of carbonyl (C=O) groups excluding carboxylic acids is 2. The Morgan fingerprint density at radius 2 is 1.50 bits per heavy atom. The molecule has 0 aliphatic carbocycles. The predicted molar refractivity (Wildman–Crippen MR) is 108 cm³/mol. The Hall–Kier alpha value is -3.71. The lowest BCUT2D eigenvalue weighted by atomic mass is 10.1. The second-order valence-electron chi connectivity index (χ2n) is 6.03. The first kappa shape index (κ1) is 17.7. The molecule has 3 aromatic carbocycles. The van der Waals surface area contributed by atoms with Crippen molar-refractivity contribution in [2.45, 2.75) is 0 Å². The molecular formula is C21H15N3O3S. The van der Waals surface area contributed by atoms with Crippen LogP contribution < -0.4 is 10.9 Å². The Bertz CT molecular complexity index is 1170. The van der Waals surface area contributed by atoms with E-state index in [0.29, 0.717) is 5.01 Å². The average molecular weight is 389 g/mol. The van der Waals surface area contributed by atoms with Crippen LogP contribution in [-0.2, 0) is 0 Å². The van der Waals surface area contributed by atoms with Crippen LogP contribution in [0.5, 0.6) is 5.75 Å². The number of phenols is 1. The summed E-state index contributed by atoms with van der Waals surface area (Å²) in [6.07, 6.45) is 0. The van der Waals surface area contributed by atoms with Gasteiger partial charge in [0, 0.05) is 10.9 Å². The first-order valence-corrected chi connectivity index (χ1v) is 9.33. The molecule has 7 heteroatoms. The molecule has 4 aromatic rings. The number of aromatic hydroxyl groups is 1. The third kappa shape index (κ3) is 3.56. The second kappa shape index (κ2) is 7.50. The van der Waals surface area contributed by atoms with Gasteiger partial charge in [-0.3, -0.25) is 20.4 Å². The fourth-order valence-electron chi connectivity index (χ4n) is 2.75. The van der Waals surface area contributed by atoms with Crippen molar-refractivity contribution in [1.82, 2.24) is 15.8 Å². The number of hydrazine groups is 1. The fourth-order valence-corrected chi connectivity index (χ4v) is 3.55. The number of amides is 2. The van der Waals surface area contributed by atoms with Crippen molar-refractivity contribution < 1.29 is 14.7 Å². The summed E-state index contributed by atoms with van der Waals surface area (Å²) in [7, 11) is 0. The van der Waals surface area contributed by atoms with E-state index in [0.717, 1.165) is 16.3 Å². The maximum absolute atomic E-state index is 12.4. The molecule has 1 heterocycles. The van der Waals surface area contributed by atoms with Crippen molar-refractivity contribution in [2.24, 2.45) is 0 Å². The molecule has 0 saturated carbocycles. The van der Waals surface area contributed by atoms with E-state index >= 15 is 0 Å². The molecule has 138 valence electrons. The number of hydrogen-bond donors (Lipinski definition) is 3. The molecule has 0 atom stereocenters. The lowest BCUT2D eigenvalue weighted by Crippen LogP contribution is -2.41. The number of hydrogen-bond acceptors (Lipinski definition) is 5. The summed E-state index contributed by atoms with van der Waals surface area (Å²) in [6.45, 7) is 0. The average Bonchev–Trinajstić information content (AvgIpc) is 3.22. The van der Waals surface area contributed by atoms with Crippen molar-refractivity contribution >= 4 is 33.9 Å². The van der Waals surface area contributed by atoms with Gasteiger partial charge in [-0.2, -0.15) is 0 Å². The highest BCUT2D eigenvalue weighted by Gasteiger charge is 2.16. The summed E-state index contributed by atoms with van der Waals surface area (Å²) >= 11 is 1.34. The predicted octanol–water partition coefficient (Wildman–Crippen LogP) is 3.74. The Labute approximate surface area is 164 Å². The fraction of sp³-hybridized carbons (Fsp3) is 0. The first-order chi connectivity index (χ1) is 13.6. The number of phenolic OH excluding ortho intramolecular Hbond substituents is 1. The van der Waals surface area contributed by atoms with E-state index in [1.165, 1.54) is 17.4 Å². The number of benzene rings is 3. The third-order valence-electron chi connectivity index (χ3n) is 4.16. The third-order valence-corrected chi connectivity index (χ3v) is 5.05. The van der Waals surface area contributed by atoms with Gasteiger partial charge in [0.1, 0.15) is 16.5 Å². The van der Waals surface area contributed by atoms with Gasteiger partial charge in [-0.25, -0.2) is 4.98 Å². The highest BCUT2D eigenvalue weighted by molar-refractivity contribution is 7.13. The van der Waals surface area contributed by atoms with Crippen molar-refractivity contribution in [3.63, 3.8) is 0 Å². The van der Waals surface area contributed by atoms with E-state index in [4.69, 9.17) is 0 Å². The van der Waals surface area contributed by atoms with Crippen LogP contribution in [0.2, 0.25) is 0 Å². The van der Waals surface area contributed by atoms with Gasteiger partial charge in [0.2, 0.25) is 0 Å². The van der Waals surface area contributed by atoms with Crippen LogP contribution in [0.4, 0.5) is 0 Å². The van der Waals surface area contributed by atoms with Crippen molar-refractivity contribution in [2.75, 3.05) is 0 Å². The van der Waals surface area contributed by atoms with E-state index in [1.807, 2.05) is 54.6 Å². The molecule has 0 fully saturated rings. The van der Waals surface area contributed by atoms with E-state index in [9.17, 15) is 14.7 Å². The van der Waals surface area contributed by atoms with Gasteiger partial charge in [-0.05, 0) is 22.9 Å². The Morgan fingerprint density at radius 3 is 2.25 bits per heavy atom. The Kier molecular flexibility index (Phi) is 4.74. The minimum absolute atomic E-state index is 0.0715. The molecule has 0 unspecified atom stereocenters. The van der Waals surface area contributed by atoms with Crippen LogP contribution in [-0.4, -0.2) is 21.9 Å². The molecule has 0 spiro atoms. The van der Waals surface area contributed by atoms with E-state index in [-0.39, 0.29) is 17.0 Å². The smallest absolute Gasteiger partial charge is 0.289 e. The van der Waals surface area contributed by atoms with Gasteiger partial charge in [-0.1, -0.05) is 54.6 Å². The van der Waals surface area contributed by atoms with Gasteiger partial charge in [0.05, 0.1) is 5.56 Å². The van der Waals surface area contributed by atoms with Gasteiger partial charge in [-0.15, -0.1) is 11.3 Å². The molecule has 0 aliphatic rings. The number of aromatic nitrogens is 1. The van der Waals surface area contributed by atoms with E-state index in [1.54, 1.807) is 11.4 Å². The topological polar surface area (TPSA) is 91.3 Å². The van der Waals surface area contributed by atoms with Crippen LogP contribution >= 0.6 is 11.3 Å². The van der Waals surface area contributed by atoms with Crippen molar-refractivity contribution in [3.05, 3.63) is 83.4 Å². The molecule has 4 rings (SSSR count). The molecule has 1 aromatic heterocycles. The zero-order chi connectivity index (χ0) is 19.5. The highest BCUT2D eigenvalue weighted by Crippen LogP contribution is 2.25. The summed E-state index contributed by atoms with van der Waals surface area (Å²) in [5.74, 6) is -1.31. The molecular weight excluding hydrogens is 374 g/mol. The number of nitrogens with one attached hydrogen (secondary N) is 2. The summed E-state index contributed by atoms with van der Waals surface area (Å²) < 4.78 is 0. The van der Waals surface area contributed by atoms with Crippen LogP contribution in [0.3, 0.4) is 0 Å². The lowest BCUT2D eigenvalue weighted by Gasteiger charge is -2.09. The van der Waals surface area contributed by atoms with Gasteiger partial charge in [0.15, 0.2) is 0 Å². The minimum atomic E-state index is -0.616. The molecule has 0 saturated heterocycles. The van der Waals surface area contributed by atoms with E-state index < -0.39 is 11.8 Å². The summed E-state index contributed by atoms with van der Waals surface area (Å²) in [6, 6.07) is 20.0. The number of carbonyl (C=O) groups is 2. The highest BCUT2D eigenvalue weighted by atomic mass is 32.1. The molecule has 0 bridgehead atoms. The number of nitrogens with zero attached hydrogens (tertiary/aromatic N) is 1. The van der Waals surface area contributed by atoms with E-state index in [2.05, 4.69) is 15.8 Å². The van der Waals surface area contributed by atoms with Crippen LogP contribution in [0.25, 0.3) is 21.3 Å². The summed E-state index contributed by atoms with van der Waals surface area (Å²) in [4.78, 5) is 28.9. The number of fused-ring (bicyclic) bond motifs is 1. The van der Waals surface area contributed by atoms with Gasteiger partial charge < -0.3 is 5.11 Å². The Balaban J connectivity index is 1.46. The Morgan fingerprint density at radius 1 is 0.857 bits per heavy atom. The minimum Gasteiger partial charge on any atom is -0.507 e. The maximum atomic E-state index is 12.4. The summed E-state index contributed by atoms with van der Waals surface area (Å²) in [5.41, 5.74) is 5.84. The van der Waals surface area contributed by atoms with Crippen LogP contribution in [0.15, 0.2) is 72.1 Å². The monoisotopic (exact) mass is 389 g/mol. The SMILES string of the molecule is O=C(NNC(=O)c1cc2ccccc2cc1O)c1csc(-c2ccccc2)n1. The van der Waals surface area contributed by atoms with Crippen molar-refractivity contribution in [3.8, 4) is 16.3 Å². The quantitative estimate of drug-likeness (QED) is 0.466. The van der Waals surface area contributed by atoms with Crippen molar-refractivity contribution in [1.29, 1.82) is 0 Å². The summed E-state index contributed by atoms with van der Waals surface area (Å²) in [5, 5.41) is 14.1. The maximum Gasteiger partial charge on any atom is 0.289 e. The van der Waals surface area contributed by atoms with Crippen LogP contribution in [0.1, 0.15) is 20.8 Å². The van der Waals surface area contributed by atoms with Gasteiger partial charge >= 0.3 is 0 Å². The number of rotatable bonds is 3. The molecule has 0 radical (unpaired) electrons. The first-order valence-electron chi connectivity index (χ1n) is 8.45. The molecule has 3 N–H and O–H groups in total.